The Kier molecular flexibility index (Phi) is 5.54. The Labute approximate surface area is 128 Å². The van der Waals surface area contributed by atoms with Gasteiger partial charge in [0.2, 0.25) is 11.8 Å². The molecule has 21 heavy (non-hydrogen) atoms. The average Bonchev–Trinajstić information content (AvgIpc) is 2.47. The van der Waals surface area contributed by atoms with Crippen LogP contribution in [0.5, 0.6) is 5.88 Å². The van der Waals surface area contributed by atoms with E-state index in [2.05, 4.69) is 15.6 Å². The predicted molar refractivity (Wildman–Crippen MR) is 82.6 cm³/mol. The summed E-state index contributed by atoms with van der Waals surface area (Å²) in [6.45, 7) is 0.685. The molecule has 6 heteroatoms. The topological polar surface area (TPSA) is 63.2 Å². The molecule has 0 bridgehead atoms. The van der Waals surface area contributed by atoms with E-state index in [1.165, 1.54) is 0 Å². The van der Waals surface area contributed by atoms with E-state index in [-0.39, 0.29) is 12.5 Å². The van der Waals surface area contributed by atoms with Crippen molar-refractivity contribution in [2.24, 2.45) is 0 Å². The second kappa shape index (κ2) is 7.61. The Morgan fingerprint density at radius 3 is 2.95 bits per heavy atom. The fraction of sp³-hybridized carbons (Fsp3) is 0.200. The summed E-state index contributed by atoms with van der Waals surface area (Å²) in [5, 5.41) is 6.39. The van der Waals surface area contributed by atoms with Crippen LogP contribution in [0.3, 0.4) is 0 Å². The smallest absolute Gasteiger partial charge is 0.238 e. The van der Waals surface area contributed by atoms with Crippen LogP contribution >= 0.6 is 11.6 Å². The molecule has 0 aliphatic heterocycles. The van der Waals surface area contributed by atoms with Crippen LogP contribution in [0.15, 0.2) is 42.6 Å². The summed E-state index contributed by atoms with van der Waals surface area (Å²) in [7, 11) is 1.57. The highest BCUT2D eigenvalue weighted by Crippen LogP contribution is 2.15. The Morgan fingerprint density at radius 2 is 2.19 bits per heavy atom. The number of ether oxygens (including phenoxy) is 1. The number of aromatic nitrogens is 1. The van der Waals surface area contributed by atoms with Gasteiger partial charge in [-0.05, 0) is 24.3 Å². The molecule has 0 unspecified atom stereocenters. The molecule has 0 aliphatic rings. The molecule has 2 rings (SSSR count). The van der Waals surface area contributed by atoms with Crippen molar-refractivity contribution >= 4 is 23.2 Å². The standard InChI is InChI=1S/C15H16ClN3O2/c1-21-15-11(4-3-7-18-15)9-17-10-14(20)19-13-6-2-5-12(16)8-13/h2-8,17H,9-10H2,1H3,(H,19,20). The van der Waals surface area contributed by atoms with Crippen molar-refractivity contribution < 1.29 is 9.53 Å². The summed E-state index contributed by atoms with van der Waals surface area (Å²) in [4.78, 5) is 15.9. The molecule has 5 nitrogen and oxygen atoms in total. The summed E-state index contributed by atoms with van der Waals surface area (Å²) >= 11 is 5.86. The second-order valence-electron chi connectivity index (χ2n) is 4.33. The maximum absolute atomic E-state index is 11.8. The van der Waals surface area contributed by atoms with Gasteiger partial charge in [0.1, 0.15) is 0 Å². The third kappa shape index (κ3) is 4.73. The number of carbonyl (C=O) groups is 1. The number of pyridine rings is 1. The lowest BCUT2D eigenvalue weighted by Gasteiger charge is -2.09. The molecule has 2 N–H and O–H groups in total. The van der Waals surface area contributed by atoms with Crippen molar-refractivity contribution in [1.29, 1.82) is 0 Å². The van der Waals surface area contributed by atoms with Crippen LogP contribution in [0.4, 0.5) is 5.69 Å². The number of benzene rings is 1. The number of nitrogens with one attached hydrogen (secondary N) is 2. The summed E-state index contributed by atoms with van der Waals surface area (Å²) in [5.74, 6) is 0.417. The van der Waals surface area contributed by atoms with Crippen molar-refractivity contribution in [3.8, 4) is 5.88 Å². The molecule has 110 valence electrons. The lowest BCUT2D eigenvalue weighted by molar-refractivity contribution is -0.115. The summed E-state index contributed by atoms with van der Waals surface area (Å²) in [6, 6.07) is 10.7. The van der Waals surface area contributed by atoms with Gasteiger partial charge in [0, 0.05) is 29.0 Å². The molecule has 2 aromatic rings. The number of amides is 1. The zero-order valence-electron chi connectivity index (χ0n) is 11.6. The van der Waals surface area contributed by atoms with E-state index >= 15 is 0 Å². The summed E-state index contributed by atoms with van der Waals surface area (Å²) in [5.41, 5.74) is 1.57. The van der Waals surface area contributed by atoms with Gasteiger partial charge in [-0.2, -0.15) is 0 Å². The highest BCUT2D eigenvalue weighted by molar-refractivity contribution is 6.30. The van der Waals surface area contributed by atoms with Crippen molar-refractivity contribution in [2.75, 3.05) is 19.0 Å². The highest BCUT2D eigenvalue weighted by Gasteiger charge is 2.05. The van der Waals surface area contributed by atoms with Crippen LogP contribution in [0, 0.1) is 0 Å². The van der Waals surface area contributed by atoms with E-state index in [9.17, 15) is 4.79 Å². The number of anilines is 1. The number of methoxy groups -OCH3 is 1. The van der Waals surface area contributed by atoms with Gasteiger partial charge in [0.05, 0.1) is 13.7 Å². The minimum Gasteiger partial charge on any atom is -0.481 e. The number of hydrogen-bond acceptors (Lipinski definition) is 4. The van der Waals surface area contributed by atoms with Gasteiger partial charge >= 0.3 is 0 Å². The molecule has 1 aromatic heterocycles. The minimum absolute atomic E-state index is 0.139. The van der Waals surface area contributed by atoms with Gasteiger partial charge in [-0.25, -0.2) is 4.98 Å². The molecule has 0 saturated carbocycles. The molecule has 0 radical (unpaired) electrons. The van der Waals surface area contributed by atoms with Crippen LogP contribution in [-0.2, 0) is 11.3 Å². The first-order valence-electron chi connectivity index (χ1n) is 6.43. The van der Waals surface area contributed by atoms with E-state index in [0.717, 1.165) is 5.56 Å². The van der Waals surface area contributed by atoms with Crippen molar-refractivity contribution in [2.45, 2.75) is 6.54 Å². The quantitative estimate of drug-likeness (QED) is 0.860. The van der Waals surface area contributed by atoms with Gasteiger partial charge in [0.15, 0.2) is 0 Å². The first kappa shape index (κ1) is 15.3. The first-order valence-corrected chi connectivity index (χ1v) is 6.81. The minimum atomic E-state index is -0.139. The average molecular weight is 306 g/mol. The van der Waals surface area contributed by atoms with Crippen LogP contribution in [-0.4, -0.2) is 24.5 Å². The van der Waals surface area contributed by atoms with Crippen LogP contribution in [0.2, 0.25) is 5.02 Å². The maximum Gasteiger partial charge on any atom is 0.238 e. The lowest BCUT2D eigenvalue weighted by atomic mass is 10.2. The summed E-state index contributed by atoms with van der Waals surface area (Å²) in [6.07, 6.45) is 1.66. The molecule has 0 aliphatic carbocycles. The van der Waals surface area contributed by atoms with Crippen molar-refractivity contribution in [3.63, 3.8) is 0 Å². The van der Waals surface area contributed by atoms with Crippen LogP contribution in [0.25, 0.3) is 0 Å². The number of nitrogens with zero attached hydrogens (tertiary/aromatic N) is 1. The lowest BCUT2D eigenvalue weighted by Crippen LogP contribution is -2.27. The number of halogens is 1. The first-order chi connectivity index (χ1) is 10.2. The highest BCUT2D eigenvalue weighted by atomic mass is 35.5. The second-order valence-corrected chi connectivity index (χ2v) is 4.77. The molecule has 1 heterocycles. The Balaban J connectivity index is 1.82. The SMILES string of the molecule is COc1ncccc1CNCC(=O)Nc1cccc(Cl)c1. The predicted octanol–water partition coefficient (Wildman–Crippen LogP) is 2.47. The Hall–Kier alpha value is -2.11. The van der Waals surface area contributed by atoms with Gasteiger partial charge in [-0.3, -0.25) is 4.79 Å². The zero-order chi connectivity index (χ0) is 15.1. The van der Waals surface area contributed by atoms with E-state index in [0.29, 0.717) is 23.1 Å². The zero-order valence-corrected chi connectivity index (χ0v) is 12.4. The van der Waals surface area contributed by atoms with Crippen molar-refractivity contribution in [3.05, 3.63) is 53.2 Å². The molecule has 1 aromatic carbocycles. The Morgan fingerprint density at radius 1 is 1.33 bits per heavy atom. The fourth-order valence-electron chi connectivity index (χ4n) is 1.82. The van der Waals surface area contributed by atoms with Gasteiger partial charge in [-0.15, -0.1) is 0 Å². The van der Waals surface area contributed by atoms with Crippen molar-refractivity contribution in [1.82, 2.24) is 10.3 Å². The third-order valence-corrected chi connectivity index (χ3v) is 2.99. The molecular formula is C15H16ClN3O2. The van der Waals surface area contributed by atoms with Gasteiger partial charge < -0.3 is 15.4 Å². The van der Waals surface area contributed by atoms with Crippen LogP contribution < -0.4 is 15.4 Å². The number of rotatable bonds is 6. The maximum atomic E-state index is 11.8. The summed E-state index contributed by atoms with van der Waals surface area (Å²) < 4.78 is 5.15. The van der Waals surface area contributed by atoms with Crippen LogP contribution in [0.1, 0.15) is 5.56 Å². The molecule has 0 atom stereocenters. The number of hydrogen-bond donors (Lipinski definition) is 2. The van der Waals surface area contributed by atoms with E-state index in [1.807, 2.05) is 12.1 Å². The largest absolute Gasteiger partial charge is 0.481 e. The molecule has 1 amide bonds. The number of carbonyl (C=O) groups excluding carboxylic acids is 1. The molecule has 0 spiro atoms. The third-order valence-electron chi connectivity index (χ3n) is 2.75. The van der Waals surface area contributed by atoms with E-state index < -0.39 is 0 Å². The molecule has 0 fully saturated rings. The fourth-order valence-corrected chi connectivity index (χ4v) is 2.01. The molecular weight excluding hydrogens is 290 g/mol. The van der Waals surface area contributed by atoms with Gasteiger partial charge in [0.25, 0.3) is 0 Å². The van der Waals surface area contributed by atoms with E-state index in [1.54, 1.807) is 37.6 Å². The molecule has 0 saturated heterocycles. The van der Waals surface area contributed by atoms with E-state index in [4.69, 9.17) is 16.3 Å². The monoisotopic (exact) mass is 305 g/mol. The normalized spacial score (nSPS) is 10.2. The Bertz CT molecular complexity index is 619. The van der Waals surface area contributed by atoms with Gasteiger partial charge in [-0.1, -0.05) is 23.7 Å².